The Kier molecular flexibility index (Phi) is 3.95. The molecular formula is C12H15BrFNO. The summed E-state index contributed by atoms with van der Waals surface area (Å²) >= 11 is 3.45. The Balaban J connectivity index is 2.00. The van der Waals surface area contributed by atoms with Crippen molar-refractivity contribution in [3.05, 3.63) is 33.5 Å². The number of rotatable bonds is 3. The van der Waals surface area contributed by atoms with Gasteiger partial charge in [-0.15, -0.1) is 0 Å². The van der Waals surface area contributed by atoms with Crippen LogP contribution in [0.2, 0.25) is 0 Å². The first kappa shape index (κ1) is 12.0. The highest BCUT2D eigenvalue weighted by atomic mass is 79.9. The van der Waals surface area contributed by atoms with E-state index in [-0.39, 0.29) is 5.82 Å². The van der Waals surface area contributed by atoms with E-state index in [0.29, 0.717) is 18.2 Å². The smallest absolute Gasteiger partial charge is 0.126 e. The van der Waals surface area contributed by atoms with E-state index in [1.807, 2.05) is 6.07 Å². The summed E-state index contributed by atoms with van der Waals surface area (Å²) in [4.78, 5) is 0. The largest absolute Gasteiger partial charge is 0.380 e. The van der Waals surface area contributed by atoms with Crippen molar-refractivity contribution in [3.63, 3.8) is 0 Å². The molecule has 1 atom stereocenters. The average molecular weight is 288 g/mol. The second-order valence-electron chi connectivity index (χ2n) is 4.13. The standard InChI is InChI=1S/C12H15BrFNO/c1-8-4-11(13)9(5-12(8)14)6-15-10-2-3-16-7-10/h4-5,10,15H,2-3,6-7H2,1H3. The first-order valence-electron chi connectivity index (χ1n) is 5.42. The van der Waals surface area contributed by atoms with Gasteiger partial charge >= 0.3 is 0 Å². The summed E-state index contributed by atoms with van der Waals surface area (Å²) < 4.78 is 19.6. The molecule has 2 rings (SSSR count). The molecule has 0 aliphatic carbocycles. The summed E-state index contributed by atoms with van der Waals surface area (Å²) in [7, 11) is 0. The summed E-state index contributed by atoms with van der Waals surface area (Å²) in [6, 6.07) is 3.80. The third kappa shape index (κ3) is 2.81. The molecule has 1 unspecified atom stereocenters. The number of hydrogen-bond acceptors (Lipinski definition) is 2. The maximum atomic E-state index is 13.4. The predicted octanol–water partition coefficient (Wildman–Crippen LogP) is 2.78. The fourth-order valence-electron chi connectivity index (χ4n) is 1.77. The van der Waals surface area contributed by atoms with Crippen molar-refractivity contribution in [3.8, 4) is 0 Å². The molecule has 0 spiro atoms. The van der Waals surface area contributed by atoms with Crippen molar-refractivity contribution >= 4 is 15.9 Å². The third-order valence-corrected chi connectivity index (χ3v) is 3.58. The highest BCUT2D eigenvalue weighted by molar-refractivity contribution is 9.10. The molecule has 0 radical (unpaired) electrons. The topological polar surface area (TPSA) is 21.3 Å². The van der Waals surface area contributed by atoms with Crippen LogP contribution in [0.1, 0.15) is 17.5 Å². The molecule has 1 fully saturated rings. The molecule has 2 nitrogen and oxygen atoms in total. The van der Waals surface area contributed by atoms with Crippen molar-refractivity contribution in [2.24, 2.45) is 0 Å². The lowest BCUT2D eigenvalue weighted by atomic mass is 10.1. The minimum absolute atomic E-state index is 0.150. The molecule has 16 heavy (non-hydrogen) atoms. The zero-order valence-electron chi connectivity index (χ0n) is 9.22. The first-order valence-corrected chi connectivity index (χ1v) is 6.22. The number of aryl methyl sites for hydroxylation is 1. The maximum Gasteiger partial charge on any atom is 0.126 e. The molecule has 88 valence electrons. The second-order valence-corrected chi connectivity index (χ2v) is 4.99. The fourth-order valence-corrected chi connectivity index (χ4v) is 2.37. The van der Waals surface area contributed by atoms with Gasteiger partial charge in [-0.2, -0.15) is 0 Å². The van der Waals surface area contributed by atoms with Crippen LogP contribution in [0.4, 0.5) is 4.39 Å². The van der Waals surface area contributed by atoms with Gasteiger partial charge in [0.25, 0.3) is 0 Å². The van der Waals surface area contributed by atoms with Gasteiger partial charge in [0.15, 0.2) is 0 Å². The van der Waals surface area contributed by atoms with Gasteiger partial charge in [-0.1, -0.05) is 15.9 Å². The van der Waals surface area contributed by atoms with Crippen LogP contribution < -0.4 is 5.32 Å². The molecule has 1 aromatic carbocycles. The Hall–Kier alpha value is -0.450. The Bertz CT molecular complexity index is 378. The lowest BCUT2D eigenvalue weighted by Crippen LogP contribution is -2.28. The van der Waals surface area contributed by atoms with Gasteiger partial charge in [-0.3, -0.25) is 0 Å². The van der Waals surface area contributed by atoms with E-state index >= 15 is 0 Å². The van der Waals surface area contributed by atoms with E-state index < -0.39 is 0 Å². The lowest BCUT2D eigenvalue weighted by Gasteiger charge is -2.12. The van der Waals surface area contributed by atoms with Crippen LogP contribution in [0.3, 0.4) is 0 Å². The normalized spacial score (nSPS) is 20.3. The molecule has 0 aromatic heterocycles. The first-order chi connectivity index (χ1) is 7.66. The Morgan fingerprint density at radius 1 is 1.56 bits per heavy atom. The molecular weight excluding hydrogens is 273 g/mol. The second kappa shape index (κ2) is 5.25. The molecule has 1 aromatic rings. The number of halogens is 2. The zero-order chi connectivity index (χ0) is 11.5. The highest BCUT2D eigenvalue weighted by Crippen LogP contribution is 2.21. The Morgan fingerprint density at radius 3 is 3.06 bits per heavy atom. The van der Waals surface area contributed by atoms with Gasteiger partial charge in [-0.25, -0.2) is 4.39 Å². The summed E-state index contributed by atoms with van der Waals surface area (Å²) in [6.07, 6.45) is 1.03. The van der Waals surface area contributed by atoms with Crippen LogP contribution in [0.15, 0.2) is 16.6 Å². The Labute approximate surface area is 103 Å². The number of nitrogens with one attached hydrogen (secondary N) is 1. The van der Waals surface area contributed by atoms with Gasteiger partial charge in [0, 0.05) is 23.7 Å². The summed E-state index contributed by atoms with van der Waals surface area (Å²) in [5, 5.41) is 3.36. The van der Waals surface area contributed by atoms with Crippen LogP contribution in [-0.2, 0) is 11.3 Å². The van der Waals surface area contributed by atoms with Gasteiger partial charge in [-0.05, 0) is 36.6 Å². The number of hydrogen-bond donors (Lipinski definition) is 1. The quantitative estimate of drug-likeness (QED) is 0.923. The maximum absolute atomic E-state index is 13.4. The van der Waals surface area contributed by atoms with Crippen molar-refractivity contribution in [1.29, 1.82) is 0 Å². The molecule has 1 aliphatic rings. The Morgan fingerprint density at radius 2 is 2.38 bits per heavy atom. The fraction of sp³-hybridized carbons (Fsp3) is 0.500. The van der Waals surface area contributed by atoms with Gasteiger partial charge in [0.05, 0.1) is 6.61 Å². The lowest BCUT2D eigenvalue weighted by molar-refractivity contribution is 0.190. The molecule has 0 amide bonds. The molecule has 1 heterocycles. The van der Waals surface area contributed by atoms with E-state index in [4.69, 9.17) is 4.74 Å². The minimum atomic E-state index is -0.150. The molecule has 1 aliphatic heterocycles. The molecule has 0 bridgehead atoms. The van der Waals surface area contributed by atoms with E-state index in [1.54, 1.807) is 13.0 Å². The molecule has 0 saturated carbocycles. The number of ether oxygens (including phenoxy) is 1. The minimum Gasteiger partial charge on any atom is -0.380 e. The zero-order valence-corrected chi connectivity index (χ0v) is 10.8. The van der Waals surface area contributed by atoms with Crippen LogP contribution in [0.25, 0.3) is 0 Å². The summed E-state index contributed by atoms with van der Waals surface area (Å²) in [6.45, 7) is 4.01. The molecule has 4 heteroatoms. The van der Waals surface area contributed by atoms with Crippen molar-refractivity contribution in [2.45, 2.75) is 25.9 Å². The van der Waals surface area contributed by atoms with E-state index in [0.717, 1.165) is 29.7 Å². The third-order valence-electron chi connectivity index (χ3n) is 2.84. The van der Waals surface area contributed by atoms with Crippen molar-refractivity contribution < 1.29 is 9.13 Å². The van der Waals surface area contributed by atoms with Crippen molar-refractivity contribution in [2.75, 3.05) is 13.2 Å². The van der Waals surface area contributed by atoms with E-state index in [2.05, 4.69) is 21.2 Å². The van der Waals surface area contributed by atoms with E-state index in [9.17, 15) is 4.39 Å². The number of benzene rings is 1. The van der Waals surface area contributed by atoms with E-state index in [1.165, 1.54) is 0 Å². The van der Waals surface area contributed by atoms with Crippen LogP contribution >= 0.6 is 15.9 Å². The van der Waals surface area contributed by atoms with Crippen LogP contribution in [-0.4, -0.2) is 19.3 Å². The monoisotopic (exact) mass is 287 g/mol. The molecule has 1 saturated heterocycles. The van der Waals surface area contributed by atoms with Gasteiger partial charge in [0.2, 0.25) is 0 Å². The SMILES string of the molecule is Cc1cc(Br)c(CNC2CCOC2)cc1F. The summed E-state index contributed by atoms with van der Waals surface area (Å²) in [5.74, 6) is -0.150. The molecule has 1 N–H and O–H groups in total. The summed E-state index contributed by atoms with van der Waals surface area (Å²) in [5.41, 5.74) is 1.62. The average Bonchev–Trinajstić information content (AvgIpc) is 2.74. The highest BCUT2D eigenvalue weighted by Gasteiger charge is 2.15. The van der Waals surface area contributed by atoms with Crippen LogP contribution in [0, 0.1) is 12.7 Å². The van der Waals surface area contributed by atoms with Crippen molar-refractivity contribution in [1.82, 2.24) is 5.32 Å². The van der Waals surface area contributed by atoms with Gasteiger partial charge in [0.1, 0.15) is 5.82 Å². The van der Waals surface area contributed by atoms with Crippen LogP contribution in [0.5, 0.6) is 0 Å². The van der Waals surface area contributed by atoms with Gasteiger partial charge < -0.3 is 10.1 Å². The predicted molar refractivity (Wildman–Crippen MR) is 64.9 cm³/mol.